The molecule has 2 heterocycles. The summed E-state index contributed by atoms with van der Waals surface area (Å²) in [6.07, 6.45) is 5.68. The number of aromatic nitrogens is 2. The van der Waals surface area contributed by atoms with E-state index in [-0.39, 0.29) is 0 Å². The van der Waals surface area contributed by atoms with Gasteiger partial charge in [-0.3, -0.25) is 0 Å². The average molecular weight is 216 g/mol. The topological polar surface area (TPSA) is 33.1 Å². The molecule has 0 bridgehead atoms. The van der Waals surface area contributed by atoms with Crippen LogP contribution in [-0.2, 0) is 0 Å². The summed E-state index contributed by atoms with van der Waals surface area (Å²) in [4.78, 5) is 1.97. The second-order valence-corrected chi connectivity index (χ2v) is 4.18. The molecular formula is C12H16N4. The molecule has 84 valence electrons. The van der Waals surface area contributed by atoms with Gasteiger partial charge in [0, 0.05) is 11.9 Å². The minimum atomic E-state index is 1.02. The molecular weight excluding hydrogens is 200 g/mol. The predicted octanol–water partition coefficient (Wildman–Crippen LogP) is 1.66. The molecule has 1 aliphatic rings. The largest absolute Gasteiger partial charge is 0.229 e. The minimum absolute atomic E-state index is 1.02. The molecule has 3 rings (SSSR count). The minimum Gasteiger partial charge on any atom is -0.229 e. The Kier molecular flexibility index (Phi) is 2.50. The zero-order valence-corrected chi connectivity index (χ0v) is 9.26. The number of nitrogens with one attached hydrogen (secondary N) is 1. The van der Waals surface area contributed by atoms with Crippen molar-refractivity contribution in [3.63, 3.8) is 0 Å². The van der Waals surface area contributed by atoms with Crippen LogP contribution in [0, 0.1) is 0 Å². The van der Waals surface area contributed by atoms with Crippen LogP contribution in [0.5, 0.6) is 0 Å². The summed E-state index contributed by atoms with van der Waals surface area (Å²) in [6, 6.07) is 8.30. The van der Waals surface area contributed by atoms with Crippen molar-refractivity contribution in [2.24, 2.45) is 0 Å². The lowest BCUT2D eigenvalue weighted by atomic mass is 10.2. The van der Waals surface area contributed by atoms with E-state index in [1.165, 1.54) is 24.6 Å². The molecule has 16 heavy (non-hydrogen) atoms. The SMILES string of the molecule is c1ccc2c(c1)cnn2N1CCCCCN1. The third kappa shape index (κ3) is 1.65. The van der Waals surface area contributed by atoms with Gasteiger partial charge >= 0.3 is 0 Å². The van der Waals surface area contributed by atoms with E-state index in [9.17, 15) is 0 Å². The number of para-hydroxylation sites is 1. The Morgan fingerprint density at radius 3 is 3.06 bits per heavy atom. The fourth-order valence-electron chi connectivity index (χ4n) is 2.16. The molecule has 1 aliphatic heterocycles. The second-order valence-electron chi connectivity index (χ2n) is 4.18. The lowest BCUT2D eigenvalue weighted by Gasteiger charge is -2.23. The van der Waals surface area contributed by atoms with Gasteiger partial charge in [-0.25, -0.2) is 10.5 Å². The van der Waals surface area contributed by atoms with E-state index in [0.717, 1.165) is 18.6 Å². The molecule has 0 amide bonds. The van der Waals surface area contributed by atoms with Crippen molar-refractivity contribution in [1.82, 2.24) is 15.3 Å². The van der Waals surface area contributed by atoms with Gasteiger partial charge in [-0.1, -0.05) is 24.6 Å². The molecule has 0 spiro atoms. The van der Waals surface area contributed by atoms with Crippen molar-refractivity contribution in [3.8, 4) is 0 Å². The lowest BCUT2D eigenvalue weighted by molar-refractivity contribution is 0.473. The molecule has 1 aromatic carbocycles. The molecule has 1 aromatic heterocycles. The Morgan fingerprint density at radius 2 is 2.06 bits per heavy atom. The van der Waals surface area contributed by atoms with Crippen LogP contribution in [0.3, 0.4) is 0 Å². The Hall–Kier alpha value is -1.55. The molecule has 4 nitrogen and oxygen atoms in total. The van der Waals surface area contributed by atoms with Gasteiger partial charge in [-0.15, -0.1) is 0 Å². The van der Waals surface area contributed by atoms with Gasteiger partial charge in [-0.05, 0) is 18.9 Å². The van der Waals surface area contributed by atoms with Crippen LogP contribution in [0.2, 0.25) is 0 Å². The molecule has 0 unspecified atom stereocenters. The van der Waals surface area contributed by atoms with Crippen LogP contribution < -0.4 is 10.5 Å². The third-order valence-electron chi connectivity index (χ3n) is 3.03. The lowest BCUT2D eigenvalue weighted by Crippen LogP contribution is -2.46. The molecule has 1 saturated heterocycles. The summed E-state index contributed by atoms with van der Waals surface area (Å²) in [6.45, 7) is 2.06. The molecule has 0 radical (unpaired) electrons. The monoisotopic (exact) mass is 216 g/mol. The Balaban J connectivity index is 1.97. The summed E-state index contributed by atoms with van der Waals surface area (Å²) in [5.74, 6) is 0. The summed E-state index contributed by atoms with van der Waals surface area (Å²) < 4.78 is 0. The zero-order chi connectivity index (χ0) is 10.8. The maximum absolute atomic E-state index is 4.44. The number of hydrogen-bond donors (Lipinski definition) is 1. The molecule has 0 aliphatic carbocycles. The summed E-state index contributed by atoms with van der Waals surface area (Å²) in [5.41, 5.74) is 4.57. The third-order valence-corrected chi connectivity index (χ3v) is 3.03. The van der Waals surface area contributed by atoms with E-state index in [1.807, 2.05) is 17.1 Å². The standard InChI is InChI=1S/C12H16N4/c1-4-8-13-15(9-5-1)16-12-7-3-2-6-11(12)10-14-16/h2-3,6-7,10,13H,1,4-5,8-9H2. The molecule has 1 fully saturated rings. The van der Waals surface area contributed by atoms with Gasteiger partial charge < -0.3 is 0 Å². The van der Waals surface area contributed by atoms with E-state index < -0.39 is 0 Å². The van der Waals surface area contributed by atoms with Crippen molar-refractivity contribution in [3.05, 3.63) is 30.5 Å². The normalized spacial score (nSPS) is 17.6. The first-order valence-corrected chi connectivity index (χ1v) is 5.89. The highest BCUT2D eigenvalue weighted by Gasteiger charge is 2.11. The number of hydrazine groups is 1. The van der Waals surface area contributed by atoms with Crippen molar-refractivity contribution < 1.29 is 0 Å². The first-order valence-electron chi connectivity index (χ1n) is 5.89. The van der Waals surface area contributed by atoms with E-state index >= 15 is 0 Å². The first-order chi connectivity index (χ1) is 7.95. The van der Waals surface area contributed by atoms with Gasteiger partial charge in [0.05, 0.1) is 18.3 Å². The number of benzene rings is 1. The van der Waals surface area contributed by atoms with Crippen molar-refractivity contribution in [1.29, 1.82) is 0 Å². The second kappa shape index (κ2) is 4.14. The fourth-order valence-corrected chi connectivity index (χ4v) is 2.16. The van der Waals surface area contributed by atoms with Crippen molar-refractivity contribution in [2.45, 2.75) is 19.3 Å². The van der Waals surface area contributed by atoms with Crippen LogP contribution in [0.25, 0.3) is 10.9 Å². The molecule has 2 aromatic rings. The van der Waals surface area contributed by atoms with Gasteiger partial charge in [0.1, 0.15) is 0 Å². The highest BCUT2D eigenvalue weighted by Crippen LogP contribution is 2.13. The maximum atomic E-state index is 4.44. The molecule has 0 atom stereocenters. The van der Waals surface area contributed by atoms with Crippen molar-refractivity contribution in [2.75, 3.05) is 18.2 Å². The molecule has 1 N–H and O–H groups in total. The number of nitrogens with zero attached hydrogens (tertiary/aromatic N) is 3. The van der Waals surface area contributed by atoms with Crippen LogP contribution in [-0.4, -0.2) is 23.0 Å². The Labute approximate surface area is 94.8 Å². The smallest absolute Gasteiger partial charge is 0.0935 e. The van der Waals surface area contributed by atoms with E-state index in [1.54, 1.807) is 0 Å². The number of rotatable bonds is 1. The van der Waals surface area contributed by atoms with Gasteiger partial charge in [0.15, 0.2) is 0 Å². The summed E-state index contributed by atoms with van der Waals surface area (Å²) in [5, 5.41) is 7.75. The van der Waals surface area contributed by atoms with Crippen LogP contribution >= 0.6 is 0 Å². The van der Waals surface area contributed by atoms with Crippen LogP contribution in [0.1, 0.15) is 19.3 Å². The van der Waals surface area contributed by atoms with Gasteiger partial charge in [-0.2, -0.15) is 9.89 Å². The summed E-state index contributed by atoms with van der Waals surface area (Å²) in [7, 11) is 0. The van der Waals surface area contributed by atoms with Crippen LogP contribution in [0.15, 0.2) is 30.5 Å². The Morgan fingerprint density at radius 1 is 1.12 bits per heavy atom. The predicted molar refractivity (Wildman–Crippen MR) is 64.7 cm³/mol. The zero-order valence-electron chi connectivity index (χ0n) is 9.26. The molecule has 0 saturated carbocycles. The number of hydrogen-bond acceptors (Lipinski definition) is 3. The fraction of sp³-hybridized carbons (Fsp3) is 0.417. The van der Waals surface area contributed by atoms with Gasteiger partial charge in [0.2, 0.25) is 0 Å². The molecule has 4 heteroatoms. The quantitative estimate of drug-likeness (QED) is 0.787. The first kappa shape index (κ1) is 9.66. The van der Waals surface area contributed by atoms with E-state index in [4.69, 9.17) is 0 Å². The number of fused-ring (bicyclic) bond motifs is 1. The van der Waals surface area contributed by atoms with Crippen molar-refractivity contribution >= 4 is 10.9 Å². The van der Waals surface area contributed by atoms with Gasteiger partial charge in [0.25, 0.3) is 0 Å². The van der Waals surface area contributed by atoms with E-state index in [0.29, 0.717) is 0 Å². The maximum Gasteiger partial charge on any atom is 0.0935 e. The highest BCUT2D eigenvalue weighted by atomic mass is 15.8. The highest BCUT2D eigenvalue weighted by molar-refractivity contribution is 5.78. The summed E-state index contributed by atoms with van der Waals surface area (Å²) >= 11 is 0. The average Bonchev–Trinajstić information content (AvgIpc) is 2.57. The Bertz CT molecular complexity index is 469. The van der Waals surface area contributed by atoms with E-state index in [2.05, 4.69) is 33.8 Å². The van der Waals surface area contributed by atoms with Crippen LogP contribution in [0.4, 0.5) is 0 Å².